The van der Waals surface area contributed by atoms with Gasteiger partial charge in [-0.1, -0.05) is 39.0 Å². The van der Waals surface area contributed by atoms with Crippen LogP contribution in [-0.4, -0.2) is 16.6 Å². The van der Waals surface area contributed by atoms with Crippen LogP contribution in [0.1, 0.15) is 50.6 Å². The van der Waals surface area contributed by atoms with Crippen LogP contribution in [0.2, 0.25) is 0 Å². The van der Waals surface area contributed by atoms with E-state index in [4.69, 9.17) is 12.2 Å². The fourth-order valence-corrected chi connectivity index (χ4v) is 3.78. The molecule has 0 spiro atoms. The summed E-state index contributed by atoms with van der Waals surface area (Å²) in [5.41, 5.74) is 2.40. The van der Waals surface area contributed by atoms with E-state index < -0.39 is 0 Å². The number of thiophene rings is 1. The molecule has 0 radical (unpaired) electrons. The molecule has 2 rings (SSSR count). The third-order valence-corrected chi connectivity index (χ3v) is 5.60. The minimum Gasteiger partial charge on any atom is -0.341 e. The summed E-state index contributed by atoms with van der Waals surface area (Å²) < 4.78 is 0. The van der Waals surface area contributed by atoms with Gasteiger partial charge < -0.3 is 10.2 Å². The average molecular weight is 361 g/mol. The Morgan fingerprint density at radius 3 is 2.62 bits per heavy atom. The molecule has 0 amide bonds. The second-order valence-corrected chi connectivity index (χ2v) is 7.92. The van der Waals surface area contributed by atoms with Crippen molar-refractivity contribution in [2.75, 3.05) is 11.9 Å². The number of thiocarbonyl (C=S) groups is 1. The van der Waals surface area contributed by atoms with Crippen molar-refractivity contribution < 1.29 is 0 Å². The maximum Gasteiger partial charge on any atom is 0.173 e. The Kier molecular flexibility index (Phi) is 7.25. The molecule has 24 heavy (non-hydrogen) atoms. The molecule has 1 N–H and O–H groups in total. The number of nitrogens with one attached hydrogen (secondary N) is 1. The second-order valence-electron chi connectivity index (χ2n) is 6.55. The lowest BCUT2D eigenvalue weighted by atomic mass is 10.1. The normalized spacial score (nSPS) is 12.2. The largest absolute Gasteiger partial charge is 0.341 e. The minimum absolute atomic E-state index is 0.290. The maximum absolute atomic E-state index is 5.76. The molecular formula is C20H28N2S2. The molecule has 0 aliphatic carbocycles. The van der Waals surface area contributed by atoms with Crippen molar-refractivity contribution in [2.45, 2.75) is 46.6 Å². The number of anilines is 1. The summed E-state index contributed by atoms with van der Waals surface area (Å²) in [7, 11) is 0. The molecule has 2 aromatic rings. The zero-order valence-electron chi connectivity index (χ0n) is 15.1. The summed E-state index contributed by atoms with van der Waals surface area (Å²) in [6.45, 7) is 9.90. The van der Waals surface area contributed by atoms with Gasteiger partial charge in [0.05, 0.1) is 6.04 Å². The number of hydrogen-bond acceptors (Lipinski definition) is 2. The first-order valence-corrected chi connectivity index (χ1v) is 10.00. The van der Waals surface area contributed by atoms with Gasteiger partial charge >= 0.3 is 0 Å². The van der Waals surface area contributed by atoms with E-state index in [0.29, 0.717) is 5.92 Å². The van der Waals surface area contributed by atoms with Crippen molar-refractivity contribution >= 4 is 34.4 Å². The molecule has 0 aliphatic heterocycles. The Balaban J connectivity index is 2.13. The van der Waals surface area contributed by atoms with Crippen LogP contribution in [0.4, 0.5) is 5.69 Å². The summed E-state index contributed by atoms with van der Waals surface area (Å²) in [5.74, 6) is 0.661. The molecule has 1 atom stereocenters. The van der Waals surface area contributed by atoms with Gasteiger partial charge in [-0.25, -0.2) is 0 Å². The Bertz CT molecular complexity index is 635. The molecule has 0 bridgehead atoms. The summed E-state index contributed by atoms with van der Waals surface area (Å²) >= 11 is 7.55. The molecule has 0 saturated carbocycles. The number of benzene rings is 1. The first-order valence-electron chi connectivity index (χ1n) is 8.71. The molecule has 1 unspecified atom stereocenters. The zero-order valence-corrected chi connectivity index (χ0v) is 16.7. The van der Waals surface area contributed by atoms with Crippen LogP contribution in [0.15, 0.2) is 41.8 Å². The van der Waals surface area contributed by atoms with Gasteiger partial charge in [-0.15, -0.1) is 11.3 Å². The quantitative estimate of drug-likeness (QED) is 0.599. The lowest BCUT2D eigenvalue weighted by Crippen LogP contribution is -2.37. The van der Waals surface area contributed by atoms with Gasteiger partial charge in [-0.05, 0) is 67.0 Å². The van der Waals surface area contributed by atoms with Crippen LogP contribution < -0.4 is 5.32 Å². The highest BCUT2D eigenvalue weighted by molar-refractivity contribution is 7.80. The zero-order chi connectivity index (χ0) is 17.5. The number of aryl methyl sites for hydroxylation is 1. The molecule has 1 heterocycles. The highest BCUT2D eigenvalue weighted by Gasteiger charge is 2.20. The second kappa shape index (κ2) is 9.19. The lowest BCUT2D eigenvalue weighted by molar-refractivity contribution is 0.322. The van der Waals surface area contributed by atoms with E-state index >= 15 is 0 Å². The molecule has 1 aromatic heterocycles. The van der Waals surface area contributed by atoms with Crippen molar-refractivity contribution in [3.63, 3.8) is 0 Å². The van der Waals surface area contributed by atoms with Crippen LogP contribution in [0, 0.1) is 5.92 Å². The molecular weight excluding hydrogens is 332 g/mol. The predicted octanol–water partition coefficient (Wildman–Crippen LogP) is 6.12. The van der Waals surface area contributed by atoms with Crippen molar-refractivity contribution in [3.8, 4) is 0 Å². The van der Waals surface area contributed by atoms with Gasteiger partial charge in [-0.3, -0.25) is 0 Å². The molecule has 1 aromatic carbocycles. The summed E-state index contributed by atoms with van der Waals surface area (Å²) in [6.07, 6.45) is 2.16. The van der Waals surface area contributed by atoms with E-state index in [-0.39, 0.29) is 6.04 Å². The molecule has 130 valence electrons. The third kappa shape index (κ3) is 5.32. The minimum atomic E-state index is 0.290. The molecule has 0 fully saturated rings. The van der Waals surface area contributed by atoms with E-state index in [2.05, 4.69) is 79.7 Å². The topological polar surface area (TPSA) is 15.3 Å². The Morgan fingerprint density at radius 1 is 1.21 bits per heavy atom. The van der Waals surface area contributed by atoms with Crippen LogP contribution in [0.5, 0.6) is 0 Å². The van der Waals surface area contributed by atoms with Crippen LogP contribution in [0.3, 0.4) is 0 Å². The Hall–Kier alpha value is -1.39. The summed E-state index contributed by atoms with van der Waals surface area (Å²) in [5, 5.41) is 6.39. The lowest BCUT2D eigenvalue weighted by Gasteiger charge is -2.32. The van der Waals surface area contributed by atoms with Gasteiger partial charge in [-0.2, -0.15) is 0 Å². The Morgan fingerprint density at radius 2 is 2.00 bits per heavy atom. The van der Waals surface area contributed by atoms with E-state index in [1.165, 1.54) is 10.4 Å². The average Bonchev–Trinajstić information content (AvgIpc) is 3.09. The smallest absolute Gasteiger partial charge is 0.173 e. The van der Waals surface area contributed by atoms with Crippen molar-refractivity contribution in [2.24, 2.45) is 5.92 Å². The van der Waals surface area contributed by atoms with Gasteiger partial charge in [0, 0.05) is 17.1 Å². The van der Waals surface area contributed by atoms with Crippen molar-refractivity contribution in [1.29, 1.82) is 0 Å². The SMILES string of the molecule is CCc1cccc(NC(=S)N(CCC(C)C)C(C)c2cccs2)c1. The standard InChI is InChI=1S/C20H28N2S2/c1-5-17-8-6-9-18(14-17)21-20(23)22(12-11-15(2)3)16(4)19-10-7-13-24-19/h6-10,13-16H,5,11-12H2,1-4H3,(H,21,23). The van der Waals surface area contributed by atoms with E-state index in [9.17, 15) is 0 Å². The summed E-state index contributed by atoms with van der Waals surface area (Å²) in [6, 6.07) is 13.1. The van der Waals surface area contributed by atoms with Crippen molar-refractivity contribution in [1.82, 2.24) is 4.90 Å². The number of hydrogen-bond donors (Lipinski definition) is 1. The van der Waals surface area contributed by atoms with Crippen LogP contribution >= 0.6 is 23.6 Å². The van der Waals surface area contributed by atoms with E-state index in [1.54, 1.807) is 11.3 Å². The summed E-state index contributed by atoms with van der Waals surface area (Å²) in [4.78, 5) is 3.67. The highest BCUT2D eigenvalue weighted by atomic mass is 32.1. The van der Waals surface area contributed by atoms with E-state index in [1.807, 2.05) is 0 Å². The van der Waals surface area contributed by atoms with Gasteiger partial charge in [0.15, 0.2) is 5.11 Å². The Labute approximate surface area is 155 Å². The van der Waals surface area contributed by atoms with Crippen molar-refractivity contribution in [3.05, 3.63) is 52.2 Å². The monoisotopic (exact) mass is 360 g/mol. The van der Waals surface area contributed by atoms with Gasteiger partial charge in [0.25, 0.3) is 0 Å². The number of nitrogens with zero attached hydrogens (tertiary/aromatic N) is 1. The van der Waals surface area contributed by atoms with Crippen LogP contribution in [0.25, 0.3) is 0 Å². The fourth-order valence-electron chi connectivity index (χ4n) is 2.62. The number of rotatable bonds is 7. The van der Waals surface area contributed by atoms with Gasteiger partial charge in [0.2, 0.25) is 0 Å². The van der Waals surface area contributed by atoms with Crippen LogP contribution in [-0.2, 0) is 6.42 Å². The first-order chi connectivity index (χ1) is 11.5. The molecule has 0 saturated heterocycles. The van der Waals surface area contributed by atoms with Gasteiger partial charge in [0.1, 0.15) is 0 Å². The maximum atomic E-state index is 5.76. The predicted molar refractivity (Wildman–Crippen MR) is 111 cm³/mol. The highest BCUT2D eigenvalue weighted by Crippen LogP contribution is 2.26. The van der Waals surface area contributed by atoms with E-state index in [0.717, 1.165) is 30.2 Å². The molecule has 2 nitrogen and oxygen atoms in total. The third-order valence-electron chi connectivity index (χ3n) is 4.22. The molecule has 4 heteroatoms. The first kappa shape index (κ1) is 18.9. The fraction of sp³-hybridized carbons (Fsp3) is 0.450. The molecule has 0 aliphatic rings.